The first-order valence-electron chi connectivity index (χ1n) is 8.76. The van der Waals surface area contributed by atoms with E-state index in [2.05, 4.69) is 17.2 Å². The van der Waals surface area contributed by atoms with Gasteiger partial charge >= 0.3 is 0 Å². The molecule has 1 aromatic heterocycles. The Morgan fingerprint density at radius 1 is 1.23 bits per heavy atom. The maximum absolute atomic E-state index is 12.7. The molecule has 1 aliphatic heterocycles. The van der Waals surface area contributed by atoms with Gasteiger partial charge in [0.2, 0.25) is 0 Å². The molecule has 0 saturated carbocycles. The number of aromatic nitrogens is 1. The zero-order valence-electron chi connectivity index (χ0n) is 15.1. The number of methoxy groups -OCH3 is 1. The molecule has 6 nitrogen and oxygen atoms in total. The van der Waals surface area contributed by atoms with Crippen molar-refractivity contribution in [2.24, 2.45) is 5.92 Å². The number of pyridine rings is 1. The average molecular weight is 353 g/mol. The van der Waals surface area contributed by atoms with Crippen LogP contribution in [0, 0.1) is 5.92 Å². The van der Waals surface area contributed by atoms with E-state index in [0.717, 1.165) is 25.9 Å². The number of nitrogens with one attached hydrogen (secondary N) is 1. The van der Waals surface area contributed by atoms with Crippen LogP contribution in [0.3, 0.4) is 0 Å². The van der Waals surface area contributed by atoms with Gasteiger partial charge in [0.15, 0.2) is 0 Å². The Kier molecular flexibility index (Phi) is 5.51. The van der Waals surface area contributed by atoms with Gasteiger partial charge in [0, 0.05) is 37.2 Å². The summed E-state index contributed by atoms with van der Waals surface area (Å²) in [5, 5.41) is 2.80. The van der Waals surface area contributed by atoms with Crippen molar-refractivity contribution < 1.29 is 14.3 Å². The minimum atomic E-state index is -0.313. The van der Waals surface area contributed by atoms with Gasteiger partial charge in [0.1, 0.15) is 5.75 Å². The minimum absolute atomic E-state index is 0.0694. The average Bonchev–Trinajstić information content (AvgIpc) is 2.67. The Bertz CT molecular complexity index is 806. The summed E-state index contributed by atoms with van der Waals surface area (Å²) in [6.07, 6.45) is 5.14. The Labute approximate surface area is 153 Å². The first-order chi connectivity index (χ1) is 12.6. The monoisotopic (exact) mass is 353 g/mol. The molecule has 26 heavy (non-hydrogen) atoms. The lowest BCUT2D eigenvalue weighted by atomic mass is 9.99. The van der Waals surface area contributed by atoms with Crippen molar-refractivity contribution in [1.82, 2.24) is 9.88 Å². The fourth-order valence-electron chi connectivity index (χ4n) is 3.14. The Hall–Kier alpha value is -2.89. The minimum Gasteiger partial charge on any atom is -0.497 e. The van der Waals surface area contributed by atoms with Gasteiger partial charge in [-0.25, -0.2) is 0 Å². The van der Waals surface area contributed by atoms with Crippen LogP contribution in [0.25, 0.3) is 0 Å². The van der Waals surface area contributed by atoms with Crippen molar-refractivity contribution in [2.45, 2.75) is 19.8 Å². The van der Waals surface area contributed by atoms with E-state index in [-0.39, 0.29) is 11.8 Å². The van der Waals surface area contributed by atoms with Crippen LogP contribution in [-0.4, -0.2) is 41.9 Å². The highest BCUT2D eigenvalue weighted by molar-refractivity contribution is 6.05. The van der Waals surface area contributed by atoms with Gasteiger partial charge in [-0.2, -0.15) is 0 Å². The number of benzene rings is 1. The standard InChI is InChI=1S/C20H23N3O3/c1-14-5-4-8-23(13-14)20(25)16-9-15(11-21-12-16)19(24)22-17-6-3-7-18(10-17)26-2/h3,6-7,9-12,14H,4-5,8,13H2,1-2H3,(H,22,24). The van der Waals surface area contributed by atoms with E-state index in [4.69, 9.17) is 4.74 Å². The number of nitrogens with zero attached hydrogens (tertiary/aromatic N) is 2. The lowest BCUT2D eigenvalue weighted by molar-refractivity contribution is 0.0682. The fraction of sp³-hybridized carbons (Fsp3) is 0.350. The number of amides is 2. The zero-order valence-corrected chi connectivity index (χ0v) is 15.1. The first-order valence-corrected chi connectivity index (χ1v) is 8.76. The third-order valence-electron chi connectivity index (χ3n) is 4.52. The number of ether oxygens (including phenoxy) is 1. The summed E-state index contributed by atoms with van der Waals surface area (Å²) < 4.78 is 5.15. The van der Waals surface area contributed by atoms with Crippen molar-refractivity contribution in [3.05, 3.63) is 53.9 Å². The number of likely N-dealkylation sites (tertiary alicyclic amines) is 1. The molecule has 136 valence electrons. The van der Waals surface area contributed by atoms with Crippen LogP contribution in [0.15, 0.2) is 42.7 Å². The highest BCUT2D eigenvalue weighted by Crippen LogP contribution is 2.19. The number of rotatable bonds is 4. The first kappa shape index (κ1) is 17.9. The van der Waals surface area contributed by atoms with E-state index >= 15 is 0 Å². The molecule has 3 rings (SSSR count). The van der Waals surface area contributed by atoms with Crippen molar-refractivity contribution >= 4 is 17.5 Å². The molecule has 6 heteroatoms. The molecular formula is C20H23N3O3. The smallest absolute Gasteiger partial charge is 0.257 e. The number of piperidine rings is 1. The normalized spacial score (nSPS) is 16.8. The predicted molar refractivity (Wildman–Crippen MR) is 99.5 cm³/mol. The molecule has 0 radical (unpaired) electrons. The highest BCUT2D eigenvalue weighted by atomic mass is 16.5. The maximum atomic E-state index is 12.7. The maximum Gasteiger partial charge on any atom is 0.257 e. The van der Waals surface area contributed by atoms with Crippen LogP contribution in [0.2, 0.25) is 0 Å². The molecule has 1 fully saturated rings. The number of carbonyl (C=O) groups is 2. The molecule has 1 unspecified atom stereocenters. The van der Waals surface area contributed by atoms with E-state index in [0.29, 0.717) is 28.5 Å². The largest absolute Gasteiger partial charge is 0.497 e. The van der Waals surface area contributed by atoms with Crippen molar-refractivity contribution in [3.63, 3.8) is 0 Å². The molecule has 0 spiro atoms. The molecule has 2 amide bonds. The Balaban J connectivity index is 1.73. The number of carbonyl (C=O) groups excluding carboxylic acids is 2. The van der Waals surface area contributed by atoms with Crippen LogP contribution >= 0.6 is 0 Å². The number of hydrogen-bond donors (Lipinski definition) is 1. The second kappa shape index (κ2) is 7.99. The molecule has 0 bridgehead atoms. The third-order valence-corrected chi connectivity index (χ3v) is 4.52. The van der Waals surface area contributed by atoms with E-state index in [1.807, 2.05) is 4.90 Å². The summed E-state index contributed by atoms with van der Waals surface area (Å²) >= 11 is 0. The molecule has 1 atom stereocenters. The Morgan fingerprint density at radius 2 is 2.04 bits per heavy atom. The van der Waals surface area contributed by atoms with Crippen LogP contribution in [0.5, 0.6) is 5.75 Å². The molecule has 1 N–H and O–H groups in total. The van der Waals surface area contributed by atoms with Gasteiger partial charge in [0.25, 0.3) is 11.8 Å². The number of hydrogen-bond acceptors (Lipinski definition) is 4. The third kappa shape index (κ3) is 4.20. The molecule has 1 saturated heterocycles. The van der Waals surface area contributed by atoms with Gasteiger partial charge in [0.05, 0.1) is 18.2 Å². The van der Waals surface area contributed by atoms with E-state index < -0.39 is 0 Å². The molecular weight excluding hydrogens is 330 g/mol. The summed E-state index contributed by atoms with van der Waals surface area (Å²) in [6.45, 7) is 3.65. The fourth-order valence-corrected chi connectivity index (χ4v) is 3.14. The van der Waals surface area contributed by atoms with Gasteiger partial charge in [-0.3, -0.25) is 14.6 Å². The van der Waals surface area contributed by atoms with Crippen LogP contribution < -0.4 is 10.1 Å². The number of anilines is 1. The van der Waals surface area contributed by atoms with E-state index in [1.54, 1.807) is 37.4 Å². The molecule has 0 aliphatic carbocycles. The van der Waals surface area contributed by atoms with E-state index in [9.17, 15) is 9.59 Å². The quantitative estimate of drug-likeness (QED) is 0.916. The summed E-state index contributed by atoms with van der Waals surface area (Å²) in [5.74, 6) is 0.775. The van der Waals surface area contributed by atoms with Gasteiger partial charge in [-0.05, 0) is 37.0 Å². The molecule has 1 aromatic carbocycles. The summed E-state index contributed by atoms with van der Waals surface area (Å²) in [7, 11) is 1.57. The topological polar surface area (TPSA) is 71.5 Å². The highest BCUT2D eigenvalue weighted by Gasteiger charge is 2.23. The second-order valence-electron chi connectivity index (χ2n) is 6.65. The van der Waals surface area contributed by atoms with Gasteiger partial charge < -0.3 is 15.0 Å². The van der Waals surface area contributed by atoms with Crippen LogP contribution in [0.4, 0.5) is 5.69 Å². The SMILES string of the molecule is COc1cccc(NC(=O)c2cncc(C(=O)N3CCCC(C)C3)c2)c1. The second-order valence-corrected chi connectivity index (χ2v) is 6.65. The van der Waals surface area contributed by atoms with Crippen LogP contribution in [-0.2, 0) is 0 Å². The van der Waals surface area contributed by atoms with E-state index in [1.165, 1.54) is 12.4 Å². The predicted octanol–water partition coefficient (Wildman–Crippen LogP) is 3.21. The van der Waals surface area contributed by atoms with Gasteiger partial charge in [-0.15, -0.1) is 0 Å². The van der Waals surface area contributed by atoms with Crippen molar-refractivity contribution in [2.75, 3.05) is 25.5 Å². The Morgan fingerprint density at radius 3 is 2.81 bits per heavy atom. The zero-order chi connectivity index (χ0) is 18.5. The molecule has 2 aromatic rings. The summed E-state index contributed by atoms with van der Waals surface area (Å²) in [6, 6.07) is 8.71. The lowest BCUT2D eigenvalue weighted by Gasteiger charge is -2.30. The summed E-state index contributed by atoms with van der Waals surface area (Å²) in [4.78, 5) is 31.1. The van der Waals surface area contributed by atoms with Gasteiger partial charge in [-0.1, -0.05) is 13.0 Å². The molecule has 1 aliphatic rings. The van der Waals surface area contributed by atoms with Crippen LogP contribution in [0.1, 0.15) is 40.5 Å². The molecule has 2 heterocycles. The summed E-state index contributed by atoms with van der Waals surface area (Å²) in [5.41, 5.74) is 1.41. The lowest BCUT2D eigenvalue weighted by Crippen LogP contribution is -2.39. The van der Waals surface area contributed by atoms with Crippen molar-refractivity contribution in [1.29, 1.82) is 0 Å². The van der Waals surface area contributed by atoms with Crippen molar-refractivity contribution in [3.8, 4) is 5.75 Å².